The Morgan fingerprint density at radius 3 is 2.58 bits per heavy atom. The standard InChI is InChI=1S/C8H15N3O/c1-6(2)7(8(10)12)11-5-3-4-9/h6-7,11H,3,5H2,1-2H3,(H2,10,12). The van der Waals surface area contributed by atoms with Crippen molar-refractivity contribution in [2.24, 2.45) is 11.7 Å². The molecule has 1 amide bonds. The summed E-state index contributed by atoms with van der Waals surface area (Å²) < 4.78 is 0. The summed E-state index contributed by atoms with van der Waals surface area (Å²) in [5.74, 6) is -0.191. The summed E-state index contributed by atoms with van der Waals surface area (Å²) >= 11 is 0. The highest BCUT2D eigenvalue weighted by Gasteiger charge is 2.17. The van der Waals surface area contributed by atoms with Gasteiger partial charge in [0, 0.05) is 13.0 Å². The van der Waals surface area contributed by atoms with Crippen LogP contribution in [0, 0.1) is 17.2 Å². The third kappa shape index (κ3) is 3.94. The van der Waals surface area contributed by atoms with E-state index in [4.69, 9.17) is 11.0 Å². The molecule has 0 aliphatic carbocycles. The van der Waals surface area contributed by atoms with E-state index < -0.39 is 0 Å². The number of rotatable bonds is 5. The van der Waals surface area contributed by atoms with Gasteiger partial charge >= 0.3 is 0 Å². The number of primary amides is 1. The molecular formula is C8H15N3O. The SMILES string of the molecule is CC(C)C(NCCC#N)C(N)=O. The van der Waals surface area contributed by atoms with Crippen LogP contribution in [-0.4, -0.2) is 18.5 Å². The fourth-order valence-corrected chi connectivity index (χ4v) is 0.948. The lowest BCUT2D eigenvalue weighted by atomic mass is 10.0. The monoisotopic (exact) mass is 169 g/mol. The first-order valence-corrected chi connectivity index (χ1v) is 3.99. The number of nitrogens with one attached hydrogen (secondary N) is 1. The summed E-state index contributed by atoms with van der Waals surface area (Å²) in [6, 6.07) is 1.67. The van der Waals surface area contributed by atoms with Crippen LogP contribution in [0.3, 0.4) is 0 Å². The topological polar surface area (TPSA) is 78.9 Å². The highest BCUT2D eigenvalue weighted by Crippen LogP contribution is 1.99. The van der Waals surface area contributed by atoms with E-state index in [0.717, 1.165) is 0 Å². The minimum Gasteiger partial charge on any atom is -0.368 e. The van der Waals surface area contributed by atoms with E-state index in [1.165, 1.54) is 0 Å². The number of nitrogens with two attached hydrogens (primary N) is 1. The van der Waals surface area contributed by atoms with E-state index in [9.17, 15) is 4.79 Å². The molecule has 0 fully saturated rings. The molecule has 0 aromatic carbocycles. The lowest BCUT2D eigenvalue weighted by Gasteiger charge is -2.17. The van der Waals surface area contributed by atoms with Gasteiger partial charge in [-0.2, -0.15) is 5.26 Å². The minimum absolute atomic E-state index is 0.168. The van der Waals surface area contributed by atoms with Crippen molar-refractivity contribution in [1.29, 1.82) is 5.26 Å². The van der Waals surface area contributed by atoms with Gasteiger partial charge in [-0.1, -0.05) is 13.8 Å². The van der Waals surface area contributed by atoms with E-state index in [0.29, 0.717) is 13.0 Å². The van der Waals surface area contributed by atoms with Crippen LogP contribution in [-0.2, 0) is 4.79 Å². The lowest BCUT2D eigenvalue weighted by Crippen LogP contribution is -2.45. The Kier molecular flexibility index (Phi) is 5.06. The summed E-state index contributed by atoms with van der Waals surface area (Å²) in [4.78, 5) is 10.8. The zero-order chi connectivity index (χ0) is 9.56. The molecule has 1 unspecified atom stereocenters. The third-order valence-corrected chi connectivity index (χ3v) is 1.57. The van der Waals surface area contributed by atoms with Crippen molar-refractivity contribution in [2.75, 3.05) is 6.54 Å². The number of hydrogen-bond donors (Lipinski definition) is 2. The molecule has 4 nitrogen and oxygen atoms in total. The van der Waals surface area contributed by atoms with Crippen LogP contribution in [0.4, 0.5) is 0 Å². The average molecular weight is 169 g/mol. The van der Waals surface area contributed by atoms with Gasteiger partial charge in [0.2, 0.25) is 5.91 Å². The van der Waals surface area contributed by atoms with Crippen LogP contribution in [0.2, 0.25) is 0 Å². The molecule has 0 saturated carbocycles. The van der Waals surface area contributed by atoms with Gasteiger partial charge in [-0.15, -0.1) is 0 Å². The van der Waals surface area contributed by atoms with Crippen molar-refractivity contribution in [3.8, 4) is 6.07 Å². The van der Waals surface area contributed by atoms with Crippen molar-refractivity contribution in [2.45, 2.75) is 26.3 Å². The molecule has 0 radical (unpaired) electrons. The van der Waals surface area contributed by atoms with Crippen molar-refractivity contribution >= 4 is 5.91 Å². The van der Waals surface area contributed by atoms with Crippen molar-refractivity contribution in [3.05, 3.63) is 0 Å². The first kappa shape index (κ1) is 10.9. The number of amides is 1. The second kappa shape index (κ2) is 5.56. The van der Waals surface area contributed by atoms with Crippen LogP contribution in [0.5, 0.6) is 0 Å². The average Bonchev–Trinajstić information content (AvgIpc) is 1.96. The lowest BCUT2D eigenvalue weighted by molar-refractivity contribution is -0.120. The van der Waals surface area contributed by atoms with E-state index >= 15 is 0 Å². The number of carbonyl (C=O) groups excluding carboxylic acids is 1. The van der Waals surface area contributed by atoms with Gasteiger partial charge < -0.3 is 11.1 Å². The molecule has 1 atom stereocenters. The molecule has 0 aromatic rings. The molecule has 0 heterocycles. The largest absolute Gasteiger partial charge is 0.368 e. The zero-order valence-corrected chi connectivity index (χ0v) is 7.50. The van der Waals surface area contributed by atoms with E-state index in [1.54, 1.807) is 0 Å². The molecule has 3 N–H and O–H groups in total. The van der Waals surface area contributed by atoms with Gasteiger partial charge in [-0.05, 0) is 5.92 Å². The normalized spacial score (nSPS) is 12.5. The van der Waals surface area contributed by atoms with Crippen molar-refractivity contribution in [1.82, 2.24) is 5.32 Å². The number of hydrogen-bond acceptors (Lipinski definition) is 3. The van der Waals surface area contributed by atoms with Crippen LogP contribution in [0.1, 0.15) is 20.3 Å². The van der Waals surface area contributed by atoms with Crippen LogP contribution in [0.15, 0.2) is 0 Å². The molecule has 0 spiro atoms. The molecular weight excluding hydrogens is 154 g/mol. The summed E-state index contributed by atoms with van der Waals surface area (Å²) in [6.45, 7) is 4.34. The molecule has 0 saturated heterocycles. The van der Waals surface area contributed by atoms with E-state index in [1.807, 2.05) is 19.9 Å². The van der Waals surface area contributed by atoms with Crippen LogP contribution >= 0.6 is 0 Å². The van der Waals surface area contributed by atoms with Gasteiger partial charge in [-0.25, -0.2) is 0 Å². The molecule has 0 aromatic heterocycles. The summed E-state index contributed by atoms with van der Waals surface area (Å²) in [6.07, 6.45) is 0.399. The molecule has 0 aliphatic heterocycles. The fraction of sp³-hybridized carbons (Fsp3) is 0.750. The smallest absolute Gasteiger partial charge is 0.234 e. The van der Waals surface area contributed by atoms with Crippen molar-refractivity contribution < 1.29 is 4.79 Å². The predicted molar refractivity (Wildman–Crippen MR) is 46.1 cm³/mol. The Morgan fingerprint density at radius 2 is 2.25 bits per heavy atom. The Hall–Kier alpha value is -1.08. The maximum Gasteiger partial charge on any atom is 0.234 e. The Bertz CT molecular complexity index is 183. The van der Waals surface area contributed by atoms with E-state index in [-0.39, 0.29) is 17.9 Å². The summed E-state index contributed by atoms with van der Waals surface area (Å²) in [5, 5.41) is 11.2. The van der Waals surface area contributed by atoms with Gasteiger partial charge in [-0.3, -0.25) is 4.79 Å². The van der Waals surface area contributed by atoms with Gasteiger partial charge in [0.15, 0.2) is 0 Å². The predicted octanol–water partition coefficient (Wildman–Crippen LogP) is -0.000420. The maximum atomic E-state index is 10.8. The molecule has 68 valence electrons. The van der Waals surface area contributed by atoms with Gasteiger partial charge in [0.25, 0.3) is 0 Å². The van der Waals surface area contributed by atoms with Gasteiger partial charge in [0.1, 0.15) is 0 Å². The van der Waals surface area contributed by atoms with Crippen LogP contribution < -0.4 is 11.1 Å². The number of carbonyl (C=O) groups is 1. The molecule has 12 heavy (non-hydrogen) atoms. The summed E-state index contributed by atoms with van der Waals surface area (Å²) in [5.41, 5.74) is 5.14. The first-order valence-electron chi connectivity index (χ1n) is 3.99. The van der Waals surface area contributed by atoms with E-state index in [2.05, 4.69) is 5.32 Å². The third-order valence-electron chi connectivity index (χ3n) is 1.57. The first-order chi connectivity index (χ1) is 5.59. The molecule has 0 rings (SSSR count). The molecule has 0 aliphatic rings. The maximum absolute atomic E-state index is 10.8. The second-order valence-electron chi connectivity index (χ2n) is 2.99. The molecule has 4 heteroatoms. The molecule has 0 bridgehead atoms. The quantitative estimate of drug-likeness (QED) is 0.568. The fourth-order valence-electron chi connectivity index (χ4n) is 0.948. The zero-order valence-electron chi connectivity index (χ0n) is 7.50. The van der Waals surface area contributed by atoms with Crippen molar-refractivity contribution in [3.63, 3.8) is 0 Å². The Balaban J connectivity index is 3.82. The second-order valence-corrected chi connectivity index (χ2v) is 2.99. The van der Waals surface area contributed by atoms with Gasteiger partial charge in [0.05, 0.1) is 12.1 Å². The summed E-state index contributed by atoms with van der Waals surface area (Å²) in [7, 11) is 0. The van der Waals surface area contributed by atoms with Crippen LogP contribution in [0.25, 0.3) is 0 Å². The highest BCUT2D eigenvalue weighted by molar-refractivity contribution is 5.80. The highest BCUT2D eigenvalue weighted by atomic mass is 16.1. The minimum atomic E-state index is -0.358. The number of nitrogens with zero attached hydrogens (tertiary/aromatic N) is 1. The number of nitriles is 1. The Morgan fingerprint density at radius 1 is 1.67 bits per heavy atom. The Labute approximate surface area is 72.7 Å².